The summed E-state index contributed by atoms with van der Waals surface area (Å²) < 4.78 is 0. The van der Waals surface area contributed by atoms with Crippen LogP contribution in [0.3, 0.4) is 0 Å². The van der Waals surface area contributed by atoms with Crippen LogP contribution < -0.4 is 0 Å². The molecule has 0 heteroatoms. The van der Waals surface area contributed by atoms with E-state index < -0.39 is 0 Å². The van der Waals surface area contributed by atoms with Crippen LogP contribution in [-0.2, 0) is 0 Å². The van der Waals surface area contributed by atoms with Gasteiger partial charge in [0.05, 0.1) is 0 Å². The zero-order chi connectivity index (χ0) is 15.4. The second-order valence-electron chi connectivity index (χ2n) is 6.13. The van der Waals surface area contributed by atoms with E-state index in [1.54, 1.807) is 0 Å². The first-order valence-corrected chi connectivity index (χ1v) is 8.02. The summed E-state index contributed by atoms with van der Waals surface area (Å²) in [5.74, 6) is 0. The Balaban J connectivity index is 3.91. The van der Waals surface area contributed by atoms with E-state index in [9.17, 15) is 0 Å². The second kappa shape index (κ2) is 11.8. The molecule has 0 rings (SSSR count). The second-order valence-corrected chi connectivity index (χ2v) is 6.13. The van der Waals surface area contributed by atoms with Crippen LogP contribution in [0.2, 0.25) is 0 Å². The third kappa shape index (κ3) is 12.0. The van der Waals surface area contributed by atoms with Gasteiger partial charge in [-0.25, -0.2) is 0 Å². The van der Waals surface area contributed by atoms with Crippen LogP contribution in [0.4, 0.5) is 0 Å². The highest BCUT2D eigenvalue weighted by molar-refractivity contribution is 5.06. The number of hydrogen-bond donors (Lipinski definition) is 0. The van der Waals surface area contributed by atoms with E-state index in [0.717, 1.165) is 0 Å². The summed E-state index contributed by atoms with van der Waals surface area (Å²) in [6.07, 6.45) is 16.5. The molecule has 0 aliphatic rings. The quantitative estimate of drug-likeness (QED) is 0.391. The Bertz CT molecular complexity index is 371. The maximum atomic E-state index is 2.41. The van der Waals surface area contributed by atoms with E-state index in [1.807, 2.05) is 0 Å². The summed E-state index contributed by atoms with van der Waals surface area (Å²) in [6.45, 7) is 13.2. The first kappa shape index (κ1) is 19.0. The minimum absolute atomic E-state index is 1.18. The van der Waals surface area contributed by atoms with Gasteiger partial charge in [0.15, 0.2) is 0 Å². The van der Waals surface area contributed by atoms with E-state index in [-0.39, 0.29) is 0 Å². The van der Waals surface area contributed by atoms with Crippen molar-refractivity contribution in [1.29, 1.82) is 0 Å². The van der Waals surface area contributed by atoms with Crippen LogP contribution in [0.15, 0.2) is 46.6 Å². The average Bonchev–Trinajstić information content (AvgIpc) is 2.38. The SMILES string of the molecule is CC=C(C)CCC=C(C)CCC=C(C)CCC=C(C)C. The normalized spacial score (nSPS) is 13.6. The first-order valence-electron chi connectivity index (χ1n) is 8.02. The Labute approximate surface area is 127 Å². The largest absolute Gasteiger partial charge is 0.0887 e. The Hall–Kier alpha value is -1.04. The predicted molar refractivity (Wildman–Crippen MR) is 94.1 cm³/mol. The van der Waals surface area contributed by atoms with Crippen LogP contribution in [0.5, 0.6) is 0 Å². The highest BCUT2D eigenvalue weighted by atomic mass is 14.0. The number of rotatable bonds is 9. The van der Waals surface area contributed by atoms with Crippen molar-refractivity contribution in [3.8, 4) is 0 Å². The summed E-state index contributed by atoms with van der Waals surface area (Å²) >= 11 is 0. The van der Waals surface area contributed by atoms with Gasteiger partial charge in [0.1, 0.15) is 0 Å². The predicted octanol–water partition coefficient (Wildman–Crippen LogP) is 7.15. The summed E-state index contributed by atoms with van der Waals surface area (Å²) in [6, 6.07) is 0. The third-order valence-electron chi connectivity index (χ3n) is 3.65. The van der Waals surface area contributed by atoms with Crippen molar-refractivity contribution in [3.63, 3.8) is 0 Å². The molecule has 0 atom stereocenters. The monoisotopic (exact) mass is 274 g/mol. The molecule has 114 valence electrons. The van der Waals surface area contributed by atoms with Gasteiger partial charge >= 0.3 is 0 Å². The molecule has 0 aromatic rings. The standard InChI is InChI=1S/C20H34/c1-7-18(4)12-9-14-20(6)16-10-15-19(5)13-8-11-17(2)3/h7,11,14-15H,8-10,12-13,16H2,1-6H3. The molecule has 0 aromatic carbocycles. The van der Waals surface area contributed by atoms with Crippen molar-refractivity contribution >= 4 is 0 Å². The fourth-order valence-corrected chi connectivity index (χ4v) is 2.03. The molecule has 0 heterocycles. The van der Waals surface area contributed by atoms with E-state index in [0.29, 0.717) is 0 Å². The Morgan fingerprint density at radius 3 is 1.40 bits per heavy atom. The van der Waals surface area contributed by atoms with Crippen molar-refractivity contribution in [2.75, 3.05) is 0 Å². The molecule has 0 bridgehead atoms. The van der Waals surface area contributed by atoms with E-state index in [1.165, 1.54) is 60.8 Å². The summed E-state index contributed by atoms with van der Waals surface area (Å²) in [5, 5.41) is 0. The van der Waals surface area contributed by atoms with Gasteiger partial charge in [-0.2, -0.15) is 0 Å². The molecule has 0 aliphatic carbocycles. The topological polar surface area (TPSA) is 0 Å². The number of allylic oxidation sites excluding steroid dienone is 8. The van der Waals surface area contributed by atoms with Gasteiger partial charge in [0, 0.05) is 0 Å². The molecule has 0 unspecified atom stereocenters. The highest BCUT2D eigenvalue weighted by Crippen LogP contribution is 2.13. The van der Waals surface area contributed by atoms with E-state index in [2.05, 4.69) is 65.8 Å². The summed E-state index contributed by atoms with van der Waals surface area (Å²) in [5.41, 5.74) is 5.97. The molecule has 0 fully saturated rings. The van der Waals surface area contributed by atoms with Crippen molar-refractivity contribution in [2.24, 2.45) is 0 Å². The molecule has 0 aliphatic heterocycles. The maximum Gasteiger partial charge on any atom is -0.0288 e. The lowest BCUT2D eigenvalue weighted by atomic mass is 10.0. The molecule has 20 heavy (non-hydrogen) atoms. The van der Waals surface area contributed by atoms with Crippen molar-refractivity contribution < 1.29 is 0 Å². The zero-order valence-corrected chi connectivity index (χ0v) is 14.6. The summed E-state index contributed by atoms with van der Waals surface area (Å²) in [7, 11) is 0. The first-order chi connectivity index (χ1) is 9.45. The van der Waals surface area contributed by atoms with Gasteiger partial charge in [-0.1, -0.05) is 46.6 Å². The molecular weight excluding hydrogens is 240 g/mol. The van der Waals surface area contributed by atoms with Crippen molar-refractivity contribution in [2.45, 2.75) is 80.1 Å². The molecule has 0 saturated heterocycles. The van der Waals surface area contributed by atoms with E-state index >= 15 is 0 Å². The molecular formula is C20H34. The average molecular weight is 274 g/mol. The minimum atomic E-state index is 1.18. The Kier molecular flexibility index (Phi) is 11.1. The lowest BCUT2D eigenvalue weighted by molar-refractivity contribution is 0.899. The minimum Gasteiger partial charge on any atom is -0.0887 e. The molecule has 0 N–H and O–H groups in total. The van der Waals surface area contributed by atoms with Crippen LogP contribution in [-0.4, -0.2) is 0 Å². The Morgan fingerprint density at radius 2 is 1.00 bits per heavy atom. The zero-order valence-electron chi connectivity index (χ0n) is 14.6. The van der Waals surface area contributed by atoms with Crippen LogP contribution in [0, 0.1) is 0 Å². The fraction of sp³-hybridized carbons (Fsp3) is 0.600. The van der Waals surface area contributed by atoms with Gasteiger partial charge in [-0.3, -0.25) is 0 Å². The van der Waals surface area contributed by atoms with Gasteiger partial charge < -0.3 is 0 Å². The molecule has 0 saturated carbocycles. The van der Waals surface area contributed by atoms with Gasteiger partial charge in [0.25, 0.3) is 0 Å². The Morgan fingerprint density at radius 1 is 0.600 bits per heavy atom. The maximum absolute atomic E-state index is 2.41. The van der Waals surface area contributed by atoms with Crippen LogP contribution in [0.1, 0.15) is 80.1 Å². The van der Waals surface area contributed by atoms with Gasteiger partial charge in [-0.15, -0.1) is 0 Å². The lowest BCUT2D eigenvalue weighted by Crippen LogP contribution is -1.82. The van der Waals surface area contributed by atoms with Crippen molar-refractivity contribution in [1.82, 2.24) is 0 Å². The highest BCUT2D eigenvalue weighted by Gasteiger charge is 1.92. The van der Waals surface area contributed by atoms with E-state index in [4.69, 9.17) is 0 Å². The van der Waals surface area contributed by atoms with Gasteiger partial charge in [0.2, 0.25) is 0 Å². The lowest BCUT2D eigenvalue weighted by Gasteiger charge is -2.02. The fourth-order valence-electron chi connectivity index (χ4n) is 2.03. The molecule has 0 aromatic heterocycles. The molecule has 0 amide bonds. The molecule has 0 spiro atoms. The van der Waals surface area contributed by atoms with Crippen LogP contribution >= 0.6 is 0 Å². The van der Waals surface area contributed by atoms with Gasteiger partial charge in [-0.05, 0) is 80.1 Å². The molecule has 0 nitrogen and oxygen atoms in total. The summed E-state index contributed by atoms with van der Waals surface area (Å²) in [4.78, 5) is 0. The van der Waals surface area contributed by atoms with Crippen molar-refractivity contribution in [3.05, 3.63) is 46.6 Å². The van der Waals surface area contributed by atoms with Crippen LogP contribution in [0.25, 0.3) is 0 Å². The molecule has 0 radical (unpaired) electrons. The smallest absolute Gasteiger partial charge is 0.0288 e. The number of hydrogen-bond acceptors (Lipinski definition) is 0. The third-order valence-corrected chi connectivity index (χ3v) is 3.65.